The van der Waals surface area contributed by atoms with E-state index in [1.165, 1.54) is 6.20 Å². The second-order valence-corrected chi connectivity index (χ2v) is 4.88. The first-order valence-electron chi connectivity index (χ1n) is 4.49. The van der Waals surface area contributed by atoms with Crippen molar-refractivity contribution in [1.29, 1.82) is 0 Å². The highest BCUT2D eigenvalue weighted by Gasteiger charge is 2.17. The molecule has 90 valence electrons. The average molecular weight is 257 g/mol. The molecule has 0 amide bonds. The minimum atomic E-state index is -3.83. The van der Waals surface area contributed by atoms with Crippen LogP contribution < -0.4 is 4.72 Å². The number of phenols is 1. The van der Waals surface area contributed by atoms with Gasteiger partial charge >= 0.3 is 0 Å². The molecule has 1 aromatic carbocycles. The van der Waals surface area contributed by atoms with Crippen LogP contribution in [0.2, 0.25) is 0 Å². The molecule has 8 heteroatoms. The Morgan fingerprint density at radius 2 is 2.18 bits per heavy atom. The van der Waals surface area contributed by atoms with Crippen LogP contribution in [-0.4, -0.2) is 23.7 Å². The van der Waals surface area contributed by atoms with Crippen LogP contribution >= 0.6 is 0 Å². The number of halogens is 1. The fourth-order valence-electron chi connectivity index (χ4n) is 1.18. The first kappa shape index (κ1) is 11.4. The lowest BCUT2D eigenvalue weighted by Crippen LogP contribution is -2.12. The summed E-state index contributed by atoms with van der Waals surface area (Å²) >= 11 is 0. The van der Waals surface area contributed by atoms with E-state index in [0.717, 1.165) is 24.4 Å². The van der Waals surface area contributed by atoms with Crippen molar-refractivity contribution in [1.82, 2.24) is 10.2 Å². The van der Waals surface area contributed by atoms with E-state index in [0.29, 0.717) is 0 Å². The van der Waals surface area contributed by atoms with Crippen molar-refractivity contribution in [2.45, 2.75) is 4.90 Å². The molecule has 0 aliphatic carbocycles. The zero-order chi connectivity index (χ0) is 12.5. The number of sulfonamides is 1. The lowest BCUT2D eigenvalue weighted by molar-refractivity contribution is 0.471. The van der Waals surface area contributed by atoms with E-state index in [1.54, 1.807) is 0 Å². The molecule has 0 spiro atoms. The van der Waals surface area contributed by atoms with Gasteiger partial charge in [-0.2, -0.15) is 5.10 Å². The van der Waals surface area contributed by atoms with Crippen molar-refractivity contribution in [2.24, 2.45) is 0 Å². The molecule has 0 aliphatic heterocycles. The van der Waals surface area contributed by atoms with Crippen LogP contribution in [0.1, 0.15) is 0 Å². The monoisotopic (exact) mass is 257 g/mol. The van der Waals surface area contributed by atoms with E-state index in [9.17, 15) is 17.9 Å². The third-order valence-electron chi connectivity index (χ3n) is 1.99. The van der Waals surface area contributed by atoms with Crippen LogP contribution in [0.5, 0.6) is 5.75 Å². The Morgan fingerprint density at radius 1 is 1.41 bits per heavy atom. The highest BCUT2D eigenvalue weighted by atomic mass is 32.2. The van der Waals surface area contributed by atoms with Gasteiger partial charge in [0.05, 0.1) is 11.9 Å². The molecule has 2 rings (SSSR count). The third-order valence-corrected chi connectivity index (χ3v) is 3.32. The van der Waals surface area contributed by atoms with Gasteiger partial charge in [0.1, 0.15) is 16.5 Å². The van der Waals surface area contributed by atoms with Crippen molar-refractivity contribution < 1.29 is 17.9 Å². The molecular weight excluding hydrogens is 249 g/mol. The van der Waals surface area contributed by atoms with Gasteiger partial charge in [0.2, 0.25) is 0 Å². The van der Waals surface area contributed by atoms with Crippen molar-refractivity contribution in [3.63, 3.8) is 0 Å². The van der Waals surface area contributed by atoms with Gasteiger partial charge in [-0.15, -0.1) is 0 Å². The summed E-state index contributed by atoms with van der Waals surface area (Å²) in [6.45, 7) is 0. The molecule has 0 unspecified atom stereocenters. The van der Waals surface area contributed by atoms with Gasteiger partial charge in [0.25, 0.3) is 10.0 Å². The number of anilines is 1. The molecule has 0 atom stereocenters. The number of benzene rings is 1. The quantitative estimate of drug-likeness (QED) is 0.716. The number of nitrogens with one attached hydrogen (secondary N) is 2. The van der Waals surface area contributed by atoms with Crippen LogP contribution in [0.4, 0.5) is 10.1 Å². The molecule has 1 aromatic heterocycles. The Bertz CT molecular complexity index is 625. The predicted octanol–water partition coefficient (Wildman–Crippen LogP) is 1.06. The third kappa shape index (κ3) is 2.36. The largest absolute Gasteiger partial charge is 0.506 e. The molecule has 1 heterocycles. The normalized spacial score (nSPS) is 11.4. The van der Waals surface area contributed by atoms with E-state index in [1.807, 2.05) is 0 Å². The van der Waals surface area contributed by atoms with Crippen molar-refractivity contribution >= 4 is 15.7 Å². The number of hydrogen-bond acceptors (Lipinski definition) is 4. The van der Waals surface area contributed by atoms with Crippen molar-refractivity contribution in [2.75, 3.05) is 4.72 Å². The topological polar surface area (TPSA) is 95.1 Å². The van der Waals surface area contributed by atoms with E-state index < -0.39 is 21.6 Å². The van der Waals surface area contributed by atoms with Gasteiger partial charge in [0.15, 0.2) is 0 Å². The first-order chi connectivity index (χ1) is 7.99. The Labute approximate surface area is 96.2 Å². The number of phenolic OH excluding ortho intramolecular Hbond substituents is 1. The molecule has 17 heavy (non-hydrogen) atoms. The summed E-state index contributed by atoms with van der Waals surface area (Å²) in [5.74, 6) is -1.15. The number of aromatic amines is 1. The molecule has 3 N–H and O–H groups in total. The maximum absolute atomic E-state index is 12.7. The number of aromatic nitrogens is 2. The maximum Gasteiger partial charge on any atom is 0.265 e. The van der Waals surface area contributed by atoms with Crippen molar-refractivity contribution in [3.8, 4) is 5.75 Å². The number of hydrogen-bond donors (Lipinski definition) is 3. The van der Waals surface area contributed by atoms with Crippen LogP contribution in [-0.2, 0) is 10.0 Å². The summed E-state index contributed by atoms with van der Waals surface area (Å²) < 4.78 is 38.3. The second-order valence-electron chi connectivity index (χ2n) is 3.20. The van der Waals surface area contributed by atoms with Gasteiger partial charge in [-0.1, -0.05) is 0 Å². The van der Waals surface area contributed by atoms with E-state index in [-0.39, 0.29) is 10.6 Å². The maximum atomic E-state index is 12.7. The summed E-state index contributed by atoms with van der Waals surface area (Å²) in [5.41, 5.74) is -0.104. The van der Waals surface area contributed by atoms with Gasteiger partial charge in [0, 0.05) is 12.3 Å². The number of rotatable bonds is 3. The summed E-state index contributed by atoms with van der Waals surface area (Å²) in [5, 5.41) is 15.2. The Kier molecular flexibility index (Phi) is 2.72. The smallest absolute Gasteiger partial charge is 0.265 e. The molecule has 0 saturated carbocycles. The summed E-state index contributed by atoms with van der Waals surface area (Å²) in [7, 11) is -3.83. The number of nitrogens with zero attached hydrogens (tertiary/aromatic N) is 1. The number of aromatic hydroxyl groups is 1. The van der Waals surface area contributed by atoms with Gasteiger partial charge < -0.3 is 5.11 Å². The molecule has 0 aliphatic rings. The van der Waals surface area contributed by atoms with E-state index in [4.69, 9.17) is 0 Å². The van der Waals surface area contributed by atoms with Crippen LogP contribution in [0.3, 0.4) is 0 Å². The average Bonchev–Trinajstić information content (AvgIpc) is 2.76. The first-order valence-corrected chi connectivity index (χ1v) is 5.97. The molecule has 0 radical (unpaired) electrons. The highest BCUT2D eigenvalue weighted by molar-refractivity contribution is 7.92. The van der Waals surface area contributed by atoms with E-state index in [2.05, 4.69) is 14.9 Å². The van der Waals surface area contributed by atoms with Gasteiger partial charge in [-0.3, -0.25) is 9.82 Å². The van der Waals surface area contributed by atoms with Crippen molar-refractivity contribution in [3.05, 3.63) is 36.4 Å². The zero-order valence-corrected chi connectivity index (χ0v) is 9.20. The Morgan fingerprint density at radius 3 is 2.76 bits per heavy atom. The fourth-order valence-corrected chi connectivity index (χ4v) is 2.16. The molecule has 6 nitrogen and oxygen atoms in total. The highest BCUT2D eigenvalue weighted by Crippen LogP contribution is 2.25. The summed E-state index contributed by atoms with van der Waals surface area (Å²) in [6.07, 6.45) is 2.30. The number of H-pyrrole nitrogens is 1. The van der Waals surface area contributed by atoms with Crippen LogP contribution in [0.25, 0.3) is 0 Å². The lowest BCUT2D eigenvalue weighted by atomic mass is 10.3. The minimum absolute atomic E-state index is 0.0822. The molecular formula is C9H8FN3O3S. The van der Waals surface area contributed by atoms with Gasteiger partial charge in [-0.05, 0) is 12.1 Å². The zero-order valence-electron chi connectivity index (χ0n) is 8.38. The lowest BCUT2D eigenvalue weighted by Gasteiger charge is -2.07. The van der Waals surface area contributed by atoms with Gasteiger partial charge in [-0.25, -0.2) is 12.8 Å². The Hall–Kier alpha value is -2.09. The molecule has 2 aromatic rings. The van der Waals surface area contributed by atoms with Crippen LogP contribution in [0, 0.1) is 5.82 Å². The summed E-state index contributed by atoms with van der Waals surface area (Å²) in [4.78, 5) is -0.0822. The second kappa shape index (κ2) is 4.06. The van der Waals surface area contributed by atoms with E-state index >= 15 is 0 Å². The standard InChI is InChI=1S/C9H8FN3O3S/c10-6-1-2-8(9(14)3-6)13-17(15,16)7-4-11-12-5-7/h1-5,13-14H,(H,11,12). The minimum Gasteiger partial charge on any atom is -0.506 e. The summed E-state index contributed by atoms with van der Waals surface area (Å²) in [6, 6.07) is 2.97. The molecule has 0 fully saturated rings. The fraction of sp³-hybridized carbons (Fsp3) is 0. The Balaban J connectivity index is 2.33. The molecule has 0 bridgehead atoms. The molecule has 0 saturated heterocycles. The SMILES string of the molecule is O=S(=O)(Nc1ccc(F)cc1O)c1cn[nH]c1. The van der Waals surface area contributed by atoms with Crippen LogP contribution in [0.15, 0.2) is 35.5 Å². The predicted molar refractivity (Wildman–Crippen MR) is 57.5 cm³/mol.